The first kappa shape index (κ1) is 14.9. The normalized spacial score (nSPS) is 11.7. The monoisotopic (exact) mass is 313 g/mol. The first-order chi connectivity index (χ1) is 9.18. The van der Waals surface area contributed by atoms with Crippen molar-refractivity contribution < 1.29 is 14.3 Å². The minimum Gasteiger partial charge on any atom is -0.477 e. The number of hydrogen-bond acceptors (Lipinski definition) is 3. The van der Waals surface area contributed by atoms with Crippen LogP contribution in [-0.2, 0) is 5.41 Å². The van der Waals surface area contributed by atoms with Crippen molar-refractivity contribution >= 4 is 28.9 Å². The zero-order valence-electron chi connectivity index (χ0n) is 11.2. The van der Waals surface area contributed by atoms with Crippen LogP contribution < -0.4 is 0 Å². The first-order valence-electron chi connectivity index (χ1n) is 5.89. The van der Waals surface area contributed by atoms with Crippen molar-refractivity contribution in [3.05, 3.63) is 39.6 Å². The minimum atomic E-state index is -1.03. The van der Waals surface area contributed by atoms with Crippen LogP contribution in [0.25, 0.3) is 10.6 Å². The molecule has 0 aliphatic heterocycles. The van der Waals surface area contributed by atoms with Gasteiger partial charge in [0.05, 0.1) is 5.69 Å². The molecule has 0 bridgehead atoms. The molecule has 106 valence electrons. The number of carboxylic acids is 1. The predicted octanol–water partition coefficient (Wildman–Crippen LogP) is 4.60. The molecule has 0 unspecified atom stereocenters. The van der Waals surface area contributed by atoms with E-state index in [2.05, 4.69) is 4.98 Å². The van der Waals surface area contributed by atoms with Gasteiger partial charge in [-0.1, -0.05) is 32.4 Å². The maximum atomic E-state index is 13.4. The molecule has 1 heterocycles. The summed E-state index contributed by atoms with van der Waals surface area (Å²) in [5, 5.41) is 9.98. The number of nitrogens with zero attached hydrogens (tertiary/aromatic N) is 1. The summed E-state index contributed by atoms with van der Waals surface area (Å²) in [6, 6.07) is 4.06. The lowest BCUT2D eigenvalue weighted by Gasteiger charge is -2.16. The molecule has 2 aromatic rings. The third-order valence-corrected chi connectivity index (χ3v) is 3.95. The van der Waals surface area contributed by atoms with E-state index in [1.54, 1.807) is 6.07 Å². The molecule has 20 heavy (non-hydrogen) atoms. The Kier molecular flexibility index (Phi) is 3.84. The fourth-order valence-electron chi connectivity index (χ4n) is 1.77. The maximum Gasteiger partial charge on any atom is 0.347 e. The number of rotatable bonds is 2. The van der Waals surface area contributed by atoms with E-state index in [4.69, 9.17) is 11.6 Å². The molecule has 6 heteroatoms. The SMILES string of the molecule is CC(C)(C)c1nc(-c2cc(F)cc(Cl)c2)sc1C(=O)O. The summed E-state index contributed by atoms with van der Waals surface area (Å²) in [7, 11) is 0. The largest absolute Gasteiger partial charge is 0.477 e. The molecule has 1 N–H and O–H groups in total. The lowest BCUT2D eigenvalue weighted by molar-refractivity contribution is 0.0699. The number of aromatic nitrogens is 1. The van der Waals surface area contributed by atoms with Crippen molar-refractivity contribution in [3.8, 4) is 10.6 Å². The van der Waals surface area contributed by atoms with Crippen molar-refractivity contribution in [2.24, 2.45) is 0 Å². The van der Waals surface area contributed by atoms with E-state index in [0.717, 1.165) is 11.3 Å². The Balaban J connectivity index is 2.62. The van der Waals surface area contributed by atoms with E-state index in [-0.39, 0.29) is 9.90 Å². The van der Waals surface area contributed by atoms with Gasteiger partial charge < -0.3 is 5.11 Å². The van der Waals surface area contributed by atoms with Gasteiger partial charge in [-0.05, 0) is 18.2 Å². The van der Waals surface area contributed by atoms with Gasteiger partial charge in [0, 0.05) is 16.0 Å². The number of carboxylic acid groups (broad SMARTS) is 1. The summed E-state index contributed by atoms with van der Waals surface area (Å²) in [5.74, 6) is -1.50. The summed E-state index contributed by atoms with van der Waals surface area (Å²) in [5.41, 5.74) is 0.572. The van der Waals surface area contributed by atoms with Crippen LogP contribution in [0.2, 0.25) is 5.02 Å². The quantitative estimate of drug-likeness (QED) is 0.881. The third-order valence-electron chi connectivity index (χ3n) is 2.64. The molecule has 1 aromatic carbocycles. The van der Waals surface area contributed by atoms with Crippen LogP contribution in [0.4, 0.5) is 4.39 Å². The van der Waals surface area contributed by atoms with Crippen LogP contribution in [0, 0.1) is 5.82 Å². The lowest BCUT2D eigenvalue weighted by Crippen LogP contribution is -2.16. The summed E-state index contributed by atoms with van der Waals surface area (Å²) in [6.45, 7) is 5.66. The van der Waals surface area contributed by atoms with Crippen molar-refractivity contribution in [2.45, 2.75) is 26.2 Å². The Bertz CT molecular complexity index is 656. The Morgan fingerprint density at radius 1 is 1.35 bits per heavy atom. The summed E-state index contributed by atoms with van der Waals surface area (Å²) in [4.78, 5) is 15.9. The average Bonchev–Trinajstić information content (AvgIpc) is 2.71. The van der Waals surface area contributed by atoms with Crippen molar-refractivity contribution in [3.63, 3.8) is 0 Å². The smallest absolute Gasteiger partial charge is 0.347 e. The molecular weight excluding hydrogens is 301 g/mol. The maximum absolute atomic E-state index is 13.4. The van der Waals surface area contributed by atoms with Crippen LogP contribution in [-0.4, -0.2) is 16.1 Å². The zero-order valence-corrected chi connectivity index (χ0v) is 12.8. The fraction of sp³-hybridized carbons (Fsp3) is 0.286. The molecule has 0 radical (unpaired) electrons. The molecule has 0 aliphatic rings. The number of benzene rings is 1. The molecule has 0 fully saturated rings. The highest BCUT2D eigenvalue weighted by molar-refractivity contribution is 7.17. The van der Waals surface area contributed by atoms with E-state index in [9.17, 15) is 14.3 Å². The Hall–Kier alpha value is -1.46. The highest BCUT2D eigenvalue weighted by Gasteiger charge is 2.27. The molecule has 0 atom stereocenters. The number of hydrogen-bond donors (Lipinski definition) is 1. The molecule has 0 saturated carbocycles. The summed E-state index contributed by atoms with van der Waals surface area (Å²) >= 11 is 6.85. The molecule has 0 saturated heterocycles. The van der Waals surface area contributed by atoms with Gasteiger partial charge in [0.25, 0.3) is 0 Å². The second-order valence-electron chi connectivity index (χ2n) is 5.41. The lowest BCUT2D eigenvalue weighted by atomic mass is 9.91. The van der Waals surface area contributed by atoms with Gasteiger partial charge >= 0.3 is 5.97 Å². The molecule has 0 aliphatic carbocycles. The first-order valence-corrected chi connectivity index (χ1v) is 7.09. The van der Waals surface area contributed by atoms with Crippen molar-refractivity contribution in [2.75, 3.05) is 0 Å². The summed E-state index contributed by atoms with van der Waals surface area (Å²) < 4.78 is 13.4. The third kappa shape index (κ3) is 2.99. The van der Waals surface area contributed by atoms with E-state index in [0.29, 0.717) is 16.3 Å². The van der Waals surface area contributed by atoms with E-state index in [1.165, 1.54) is 12.1 Å². The molecule has 1 aromatic heterocycles. The highest BCUT2D eigenvalue weighted by Crippen LogP contribution is 2.35. The summed E-state index contributed by atoms with van der Waals surface area (Å²) in [6.07, 6.45) is 0. The number of thiazole rings is 1. The molecular formula is C14H13ClFNO2S. The zero-order chi connectivity index (χ0) is 15.1. The van der Waals surface area contributed by atoms with Crippen LogP contribution in [0.15, 0.2) is 18.2 Å². The number of carbonyl (C=O) groups is 1. The Morgan fingerprint density at radius 3 is 2.45 bits per heavy atom. The average molecular weight is 314 g/mol. The van der Waals surface area contributed by atoms with E-state index < -0.39 is 17.2 Å². The number of halogens is 2. The second-order valence-corrected chi connectivity index (χ2v) is 6.85. The minimum absolute atomic E-state index is 0.174. The van der Waals surface area contributed by atoms with Gasteiger partial charge in [0.1, 0.15) is 15.7 Å². The van der Waals surface area contributed by atoms with Gasteiger partial charge in [0.2, 0.25) is 0 Å². The number of aromatic carboxylic acids is 1. The van der Waals surface area contributed by atoms with Crippen LogP contribution >= 0.6 is 22.9 Å². The topological polar surface area (TPSA) is 50.2 Å². The molecule has 0 amide bonds. The van der Waals surface area contributed by atoms with Gasteiger partial charge in [0.15, 0.2) is 0 Å². The second kappa shape index (κ2) is 5.14. The van der Waals surface area contributed by atoms with Gasteiger partial charge in [-0.2, -0.15) is 0 Å². The van der Waals surface area contributed by atoms with Crippen molar-refractivity contribution in [1.29, 1.82) is 0 Å². The Labute approximate surface area is 125 Å². The van der Waals surface area contributed by atoms with E-state index >= 15 is 0 Å². The Morgan fingerprint density at radius 2 is 2.00 bits per heavy atom. The van der Waals surface area contributed by atoms with Crippen LogP contribution in [0.1, 0.15) is 36.1 Å². The predicted molar refractivity (Wildman–Crippen MR) is 78.2 cm³/mol. The van der Waals surface area contributed by atoms with E-state index in [1.807, 2.05) is 20.8 Å². The van der Waals surface area contributed by atoms with Crippen LogP contribution in [0.5, 0.6) is 0 Å². The molecule has 0 spiro atoms. The van der Waals surface area contributed by atoms with Gasteiger partial charge in [-0.3, -0.25) is 0 Å². The fourth-order valence-corrected chi connectivity index (χ4v) is 3.10. The standard InChI is InChI=1S/C14H13ClFNO2S/c1-14(2,3)11-10(13(18)19)20-12(17-11)7-4-8(15)6-9(16)5-7/h4-6H,1-3H3,(H,18,19). The van der Waals surface area contributed by atoms with Gasteiger partial charge in [-0.15, -0.1) is 11.3 Å². The molecule has 2 rings (SSSR count). The van der Waals surface area contributed by atoms with Crippen molar-refractivity contribution in [1.82, 2.24) is 4.98 Å². The molecule has 3 nitrogen and oxygen atoms in total. The van der Waals surface area contributed by atoms with Gasteiger partial charge in [-0.25, -0.2) is 14.2 Å². The van der Waals surface area contributed by atoms with Crippen LogP contribution in [0.3, 0.4) is 0 Å². The highest BCUT2D eigenvalue weighted by atomic mass is 35.5.